The Balaban J connectivity index is 0.00000363. The van der Waals surface area contributed by atoms with Gasteiger partial charge in [0.2, 0.25) is 0 Å². The Bertz CT molecular complexity index is 1180. The lowest BCUT2D eigenvalue weighted by Crippen LogP contribution is -2.40. The Morgan fingerprint density at radius 1 is 1.22 bits per heavy atom. The summed E-state index contributed by atoms with van der Waals surface area (Å²) in [7, 11) is -2.17. The third kappa shape index (κ3) is 6.12. The van der Waals surface area contributed by atoms with Gasteiger partial charge in [-0.05, 0) is 38.1 Å². The maximum absolute atomic E-state index is 13.8. The molecule has 0 amide bonds. The monoisotopic (exact) mass is 575 g/mol. The van der Waals surface area contributed by atoms with Crippen molar-refractivity contribution in [2.75, 3.05) is 26.0 Å². The van der Waals surface area contributed by atoms with Crippen molar-refractivity contribution in [2.24, 2.45) is 4.99 Å². The quantitative estimate of drug-likeness (QED) is 0.237. The van der Waals surface area contributed by atoms with Gasteiger partial charge in [0, 0.05) is 19.0 Å². The Hall–Kier alpha value is -2.34. The molecular formula is C22H27FIN3O4S. The minimum Gasteiger partial charge on any atom is -0.490 e. The van der Waals surface area contributed by atoms with Crippen LogP contribution in [0, 0.1) is 5.82 Å². The zero-order chi connectivity index (χ0) is 22.4. The molecule has 0 aliphatic rings. The van der Waals surface area contributed by atoms with E-state index in [2.05, 4.69) is 15.6 Å². The van der Waals surface area contributed by atoms with Crippen molar-refractivity contribution in [3.05, 3.63) is 60.1 Å². The average molecular weight is 575 g/mol. The van der Waals surface area contributed by atoms with Crippen LogP contribution in [0.2, 0.25) is 0 Å². The lowest BCUT2D eigenvalue weighted by atomic mass is 10.2. The van der Waals surface area contributed by atoms with E-state index in [4.69, 9.17) is 9.15 Å². The lowest BCUT2D eigenvalue weighted by Gasteiger charge is -2.16. The van der Waals surface area contributed by atoms with Gasteiger partial charge in [-0.3, -0.25) is 4.99 Å². The van der Waals surface area contributed by atoms with Crippen molar-refractivity contribution >= 4 is 50.7 Å². The lowest BCUT2D eigenvalue weighted by molar-refractivity contribution is 0.336. The highest BCUT2D eigenvalue weighted by Crippen LogP contribution is 2.31. The second kappa shape index (κ2) is 11.5. The van der Waals surface area contributed by atoms with Crippen LogP contribution in [0.3, 0.4) is 0 Å². The van der Waals surface area contributed by atoms with E-state index in [1.165, 1.54) is 18.2 Å². The molecule has 1 heterocycles. The summed E-state index contributed by atoms with van der Waals surface area (Å²) in [5, 5.41) is 7.04. The van der Waals surface area contributed by atoms with Gasteiger partial charge in [0.1, 0.15) is 16.5 Å². The summed E-state index contributed by atoms with van der Waals surface area (Å²) < 4.78 is 50.2. The van der Waals surface area contributed by atoms with Crippen LogP contribution < -0.4 is 15.4 Å². The van der Waals surface area contributed by atoms with Gasteiger partial charge in [0.15, 0.2) is 27.1 Å². The summed E-state index contributed by atoms with van der Waals surface area (Å²) in [6.07, 6.45) is 0. The van der Waals surface area contributed by atoms with Crippen molar-refractivity contribution < 1.29 is 22.0 Å². The minimum absolute atomic E-state index is 0. The normalized spacial score (nSPS) is 12.8. The van der Waals surface area contributed by atoms with Crippen molar-refractivity contribution in [2.45, 2.75) is 24.8 Å². The Morgan fingerprint density at radius 2 is 1.97 bits per heavy atom. The standard InChI is InChI=1S/C22H26FN3O4S.HI/c1-4-29-18-10-7-8-16-14-19(30-21(16)18)15(2)26-22(24-3)25-12-13-31(27,28)20-11-6-5-9-17(20)23;/h5-11,14-15H,4,12-13H2,1-3H3,(H2,24,25,26);1H. The number of sulfone groups is 1. The summed E-state index contributed by atoms with van der Waals surface area (Å²) in [5.74, 6) is 0.741. The fourth-order valence-corrected chi connectivity index (χ4v) is 4.36. The first-order chi connectivity index (χ1) is 14.9. The van der Waals surface area contributed by atoms with Crippen molar-refractivity contribution in [3.63, 3.8) is 0 Å². The van der Waals surface area contributed by atoms with Crippen molar-refractivity contribution in [3.8, 4) is 5.75 Å². The molecule has 0 aliphatic carbocycles. The van der Waals surface area contributed by atoms with Crippen LogP contribution in [-0.2, 0) is 9.84 Å². The third-order valence-electron chi connectivity index (χ3n) is 4.67. The molecule has 1 atom stereocenters. The number of hydrogen-bond acceptors (Lipinski definition) is 5. The number of nitrogens with zero attached hydrogens (tertiary/aromatic N) is 1. The Labute approximate surface area is 204 Å². The predicted molar refractivity (Wildman–Crippen MR) is 134 cm³/mol. The van der Waals surface area contributed by atoms with Gasteiger partial charge in [-0.15, -0.1) is 24.0 Å². The third-order valence-corrected chi connectivity index (χ3v) is 6.41. The number of fused-ring (bicyclic) bond motifs is 1. The molecule has 10 heteroatoms. The maximum Gasteiger partial charge on any atom is 0.191 e. The Kier molecular flexibility index (Phi) is 9.32. The predicted octanol–water partition coefficient (Wildman–Crippen LogP) is 4.29. The zero-order valence-electron chi connectivity index (χ0n) is 18.1. The Morgan fingerprint density at radius 3 is 2.66 bits per heavy atom. The highest BCUT2D eigenvalue weighted by Gasteiger charge is 2.19. The molecule has 174 valence electrons. The second-order valence-electron chi connectivity index (χ2n) is 6.87. The molecule has 32 heavy (non-hydrogen) atoms. The second-order valence-corrected chi connectivity index (χ2v) is 8.95. The fourth-order valence-electron chi connectivity index (χ4n) is 3.12. The molecular weight excluding hydrogens is 548 g/mol. The number of guanidine groups is 1. The molecule has 2 N–H and O–H groups in total. The molecule has 0 radical (unpaired) electrons. The van der Waals surface area contributed by atoms with E-state index in [1.54, 1.807) is 7.05 Å². The van der Waals surface area contributed by atoms with E-state index in [-0.39, 0.29) is 47.2 Å². The van der Waals surface area contributed by atoms with E-state index < -0.39 is 15.7 Å². The van der Waals surface area contributed by atoms with Crippen LogP contribution in [0.1, 0.15) is 25.6 Å². The van der Waals surface area contributed by atoms with Gasteiger partial charge in [0.05, 0.1) is 18.4 Å². The van der Waals surface area contributed by atoms with Gasteiger partial charge >= 0.3 is 0 Å². The maximum atomic E-state index is 13.8. The summed E-state index contributed by atoms with van der Waals surface area (Å²) in [6, 6.07) is 12.7. The van der Waals surface area contributed by atoms with Crippen LogP contribution in [-0.4, -0.2) is 40.3 Å². The number of benzene rings is 2. The van der Waals surface area contributed by atoms with Gasteiger partial charge in [0.25, 0.3) is 0 Å². The molecule has 0 saturated carbocycles. The summed E-state index contributed by atoms with van der Waals surface area (Å²) in [4.78, 5) is 3.82. The molecule has 3 rings (SSSR count). The largest absolute Gasteiger partial charge is 0.490 e. The van der Waals surface area contributed by atoms with Crippen molar-refractivity contribution in [1.29, 1.82) is 0 Å². The fraction of sp³-hybridized carbons (Fsp3) is 0.318. The molecule has 0 spiro atoms. The molecule has 0 saturated heterocycles. The highest BCUT2D eigenvalue weighted by molar-refractivity contribution is 14.0. The highest BCUT2D eigenvalue weighted by atomic mass is 127. The first-order valence-electron chi connectivity index (χ1n) is 9.95. The number of halogens is 2. The zero-order valence-corrected chi connectivity index (χ0v) is 21.2. The number of furan rings is 1. The number of hydrogen-bond donors (Lipinski definition) is 2. The summed E-state index contributed by atoms with van der Waals surface area (Å²) in [5.41, 5.74) is 0.673. The SMILES string of the molecule is CCOc1cccc2cc(C(C)NC(=NC)NCCS(=O)(=O)c3ccccc3F)oc12.I. The molecule has 0 aliphatic heterocycles. The summed E-state index contributed by atoms with van der Waals surface area (Å²) in [6.45, 7) is 4.42. The first kappa shape index (κ1) is 25.9. The van der Waals surface area contributed by atoms with E-state index in [0.717, 1.165) is 11.5 Å². The van der Waals surface area contributed by atoms with Crippen molar-refractivity contribution in [1.82, 2.24) is 10.6 Å². The molecule has 7 nitrogen and oxygen atoms in total. The molecule has 2 aromatic carbocycles. The molecule has 1 unspecified atom stereocenters. The van der Waals surface area contributed by atoms with Crippen LogP contribution in [0.15, 0.2) is 62.8 Å². The van der Waals surface area contributed by atoms with Gasteiger partial charge in [-0.2, -0.15) is 0 Å². The van der Waals surface area contributed by atoms with Gasteiger partial charge in [-0.25, -0.2) is 12.8 Å². The number of para-hydroxylation sites is 1. The minimum atomic E-state index is -3.76. The topological polar surface area (TPSA) is 92.9 Å². The summed E-state index contributed by atoms with van der Waals surface area (Å²) >= 11 is 0. The van der Waals surface area contributed by atoms with E-state index in [0.29, 0.717) is 29.7 Å². The number of aliphatic imine (C=N–C) groups is 1. The van der Waals surface area contributed by atoms with E-state index in [1.807, 2.05) is 38.1 Å². The van der Waals surface area contributed by atoms with Crippen LogP contribution >= 0.6 is 24.0 Å². The average Bonchev–Trinajstić information content (AvgIpc) is 3.19. The number of nitrogens with one attached hydrogen (secondary N) is 2. The number of ether oxygens (including phenoxy) is 1. The molecule has 3 aromatic rings. The molecule has 1 aromatic heterocycles. The number of rotatable bonds is 8. The van der Waals surface area contributed by atoms with Crippen LogP contribution in [0.25, 0.3) is 11.0 Å². The smallest absolute Gasteiger partial charge is 0.191 e. The molecule has 0 bridgehead atoms. The van der Waals surface area contributed by atoms with Crippen LogP contribution in [0.4, 0.5) is 4.39 Å². The first-order valence-corrected chi connectivity index (χ1v) is 11.6. The van der Waals surface area contributed by atoms with E-state index in [9.17, 15) is 12.8 Å². The van der Waals surface area contributed by atoms with E-state index >= 15 is 0 Å². The van der Waals surface area contributed by atoms with Crippen LogP contribution in [0.5, 0.6) is 5.75 Å². The van der Waals surface area contributed by atoms with Gasteiger partial charge in [-0.1, -0.05) is 24.3 Å². The molecule has 0 fully saturated rings. The van der Waals surface area contributed by atoms with Gasteiger partial charge < -0.3 is 19.8 Å².